The Morgan fingerprint density at radius 3 is 2.71 bits per heavy atom. The van der Waals surface area contributed by atoms with Crippen molar-refractivity contribution in [3.8, 4) is 0 Å². The van der Waals surface area contributed by atoms with Crippen LogP contribution in [0.4, 0.5) is 0 Å². The van der Waals surface area contributed by atoms with Gasteiger partial charge in [0, 0.05) is 13.1 Å². The third kappa shape index (κ3) is 3.25. The topological polar surface area (TPSA) is 107 Å². The minimum atomic E-state index is -1.18. The summed E-state index contributed by atoms with van der Waals surface area (Å²) < 4.78 is 6.17. The highest BCUT2D eigenvalue weighted by Crippen LogP contribution is 2.58. The molecule has 8 nitrogen and oxygen atoms in total. The predicted molar refractivity (Wildman–Crippen MR) is 111 cm³/mol. The lowest BCUT2D eigenvalue weighted by molar-refractivity contribution is -0.153. The summed E-state index contributed by atoms with van der Waals surface area (Å²) in [6.07, 6.45) is 1.98. The Kier molecular flexibility index (Phi) is 5.61. The SMILES string of the molecule is C=CCN(Cc1ccccc1)C(=O)C1N([C@H](C)CO)C(=O)[C@@H]2[C@@H](C(=O)O)[C@H]3CCC12O3. The van der Waals surface area contributed by atoms with Crippen molar-refractivity contribution in [1.82, 2.24) is 9.80 Å². The molecule has 1 aromatic rings. The van der Waals surface area contributed by atoms with Gasteiger partial charge in [-0.05, 0) is 25.3 Å². The number of carboxylic acid groups (broad SMARTS) is 1. The third-order valence-electron chi connectivity index (χ3n) is 6.87. The first-order valence-electron chi connectivity index (χ1n) is 10.6. The Hall–Kier alpha value is -2.71. The van der Waals surface area contributed by atoms with Crippen LogP contribution in [0.5, 0.6) is 0 Å². The fourth-order valence-corrected chi connectivity index (χ4v) is 5.58. The number of carboxylic acids is 1. The number of hydrogen-bond acceptors (Lipinski definition) is 5. The summed E-state index contributed by atoms with van der Waals surface area (Å²) >= 11 is 0. The van der Waals surface area contributed by atoms with Crippen LogP contribution in [0.2, 0.25) is 0 Å². The van der Waals surface area contributed by atoms with Crippen LogP contribution >= 0.6 is 0 Å². The number of benzene rings is 1. The molecule has 2 amide bonds. The lowest BCUT2D eigenvalue weighted by atomic mass is 9.70. The number of rotatable bonds is 8. The van der Waals surface area contributed by atoms with E-state index in [-0.39, 0.29) is 19.1 Å². The number of carbonyl (C=O) groups excluding carboxylic acids is 2. The lowest BCUT2D eigenvalue weighted by Crippen LogP contribution is -2.58. The number of aliphatic hydroxyl groups is 1. The van der Waals surface area contributed by atoms with Crippen LogP contribution in [0.3, 0.4) is 0 Å². The molecule has 2 bridgehead atoms. The molecule has 8 heteroatoms. The van der Waals surface area contributed by atoms with Gasteiger partial charge in [-0.1, -0.05) is 36.4 Å². The number of carbonyl (C=O) groups is 3. The monoisotopic (exact) mass is 428 g/mol. The Morgan fingerprint density at radius 1 is 1.39 bits per heavy atom. The van der Waals surface area contributed by atoms with Crippen molar-refractivity contribution >= 4 is 17.8 Å². The maximum absolute atomic E-state index is 13.9. The van der Waals surface area contributed by atoms with Gasteiger partial charge in [0.2, 0.25) is 11.8 Å². The molecule has 0 radical (unpaired) electrons. The Morgan fingerprint density at radius 2 is 2.10 bits per heavy atom. The smallest absolute Gasteiger partial charge is 0.310 e. The van der Waals surface area contributed by atoms with Crippen LogP contribution in [0.1, 0.15) is 25.3 Å². The van der Waals surface area contributed by atoms with Crippen molar-refractivity contribution in [3.05, 3.63) is 48.6 Å². The minimum absolute atomic E-state index is 0.270. The van der Waals surface area contributed by atoms with Gasteiger partial charge in [0.05, 0.1) is 30.6 Å². The molecule has 6 atom stereocenters. The molecular weight excluding hydrogens is 400 g/mol. The zero-order valence-corrected chi connectivity index (χ0v) is 17.5. The largest absolute Gasteiger partial charge is 0.481 e. The van der Waals surface area contributed by atoms with Gasteiger partial charge in [-0.15, -0.1) is 6.58 Å². The number of aliphatic carboxylic acids is 1. The van der Waals surface area contributed by atoms with E-state index in [4.69, 9.17) is 4.74 Å². The summed E-state index contributed by atoms with van der Waals surface area (Å²) in [6.45, 7) is 5.68. The number of nitrogens with zero attached hydrogens (tertiary/aromatic N) is 2. The molecule has 31 heavy (non-hydrogen) atoms. The van der Waals surface area contributed by atoms with Crippen LogP contribution in [0.25, 0.3) is 0 Å². The second-order valence-electron chi connectivity index (χ2n) is 8.66. The van der Waals surface area contributed by atoms with Crippen molar-refractivity contribution in [3.63, 3.8) is 0 Å². The molecule has 0 saturated carbocycles. The fraction of sp³-hybridized carbons (Fsp3) is 0.522. The molecule has 3 aliphatic rings. The zero-order valence-electron chi connectivity index (χ0n) is 17.5. The fourth-order valence-electron chi connectivity index (χ4n) is 5.58. The zero-order chi connectivity index (χ0) is 22.3. The Labute approximate surface area is 181 Å². The lowest BCUT2D eigenvalue weighted by Gasteiger charge is -2.38. The number of amides is 2. The summed E-state index contributed by atoms with van der Waals surface area (Å²) in [6, 6.07) is 7.88. The summed E-state index contributed by atoms with van der Waals surface area (Å²) in [7, 11) is 0. The first-order valence-corrected chi connectivity index (χ1v) is 10.6. The normalized spacial score (nSPS) is 32.1. The van der Waals surface area contributed by atoms with E-state index >= 15 is 0 Å². The number of fused-ring (bicyclic) bond motifs is 1. The third-order valence-corrected chi connectivity index (χ3v) is 6.87. The van der Waals surface area contributed by atoms with Crippen LogP contribution in [0, 0.1) is 11.8 Å². The quantitative estimate of drug-likeness (QED) is 0.599. The Balaban J connectivity index is 1.74. The molecule has 0 aromatic heterocycles. The minimum Gasteiger partial charge on any atom is -0.481 e. The number of hydrogen-bond donors (Lipinski definition) is 2. The molecule has 166 valence electrons. The van der Waals surface area contributed by atoms with Crippen molar-refractivity contribution in [1.29, 1.82) is 0 Å². The molecule has 0 aliphatic carbocycles. The molecule has 3 fully saturated rings. The molecule has 3 heterocycles. The Bertz CT molecular complexity index is 889. The summed E-state index contributed by atoms with van der Waals surface area (Å²) in [5.74, 6) is -3.72. The summed E-state index contributed by atoms with van der Waals surface area (Å²) in [5.41, 5.74) is -0.251. The number of ether oxygens (including phenoxy) is 1. The van der Waals surface area contributed by atoms with Gasteiger partial charge < -0.3 is 24.7 Å². The van der Waals surface area contributed by atoms with E-state index in [9.17, 15) is 24.6 Å². The number of likely N-dealkylation sites (tertiary alicyclic amines) is 1. The van der Waals surface area contributed by atoms with Crippen LogP contribution < -0.4 is 0 Å². The first kappa shape index (κ1) is 21.5. The molecule has 2 N–H and O–H groups in total. The van der Waals surface area contributed by atoms with Crippen molar-refractivity contribution in [2.45, 2.75) is 50.1 Å². The second-order valence-corrected chi connectivity index (χ2v) is 8.66. The second kappa shape index (κ2) is 8.09. The van der Waals surface area contributed by atoms with Gasteiger partial charge >= 0.3 is 5.97 Å². The van der Waals surface area contributed by atoms with E-state index in [0.29, 0.717) is 19.4 Å². The van der Waals surface area contributed by atoms with Crippen LogP contribution in [-0.2, 0) is 25.7 Å². The van der Waals surface area contributed by atoms with Crippen LogP contribution in [0.15, 0.2) is 43.0 Å². The van der Waals surface area contributed by atoms with E-state index < -0.39 is 47.5 Å². The molecule has 3 saturated heterocycles. The van der Waals surface area contributed by atoms with Gasteiger partial charge in [0.15, 0.2) is 0 Å². The van der Waals surface area contributed by atoms with E-state index in [2.05, 4.69) is 6.58 Å². The first-order chi connectivity index (χ1) is 14.9. The van der Waals surface area contributed by atoms with Gasteiger partial charge in [-0.2, -0.15) is 0 Å². The molecule has 3 aliphatic heterocycles. The maximum Gasteiger partial charge on any atom is 0.310 e. The summed E-state index contributed by atoms with van der Waals surface area (Å²) in [4.78, 5) is 42.3. The highest BCUT2D eigenvalue weighted by atomic mass is 16.5. The van der Waals surface area contributed by atoms with Gasteiger partial charge in [0.25, 0.3) is 0 Å². The van der Waals surface area contributed by atoms with E-state index in [0.717, 1.165) is 5.56 Å². The van der Waals surface area contributed by atoms with Crippen molar-refractivity contribution in [2.24, 2.45) is 11.8 Å². The van der Waals surface area contributed by atoms with Crippen molar-refractivity contribution < 1.29 is 29.3 Å². The molecule has 1 aromatic carbocycles. The average molecular weight is 428 g/mol. The van der Waals surface area contributed by atoms with Gasteiger partial charge in [0.1, 0.15) is 11.6 Å². The average Bonchev–Trinajstić information content (AvgIpc) is 3.40. The van der Waals surface area contributed by atoms with Gasteiger partial charge in [-0.25, -0.2) is 0 Å². The standard InChI is InChI=1S/C23H28N2O6/c1-3-11-24(12-15-7-5-4-6-8-15)21(28)19-23-10-9-16(31-23)17(22(29)30)18(23)20(27)25(19)14(2)13-26/h3-8,14,16-19,26H,1,9-13H2,2H3,(H,29,30)/t14-,16-,17+,18+,19?,23?/m1/s1. The number of aliphatic hydroxyl groups excluding tert-OH is 1. The summed E-state index contributed by atoms with van der Waals surface area (Å²) in [5, 5.41) is 19.6. The molecule has 1 spiro atoms. The molecule has 4 rings (SSSR count). The molecule has 2 unspecified atom stereocenters. The highest BCUT2D eigenvalue weighted by Gasteiger charge is 2.75. The highest BCUT2D eigenvalue weighted by molar-refractivity contribution is 5.98. The van der Waals surface area contributed by atoms with Crippen LogP contribution in [-0.4, -0.2) is 74.7 Å². The van der Waals surface area contributed by atoms with E-state index in [1.165, 1.54) is 4.90 Å². The maximum atomic E-state index is 13.9. The molecular formula is C23H28N2O6. The van der Waals surface area contributed by atoms with Crippen molar-refractivity contribution in [2.75, 3.05) is 13.2 Å². The predicted octanol–water partition coefficient (Wildman–Crippen LogP) is 1.04. The van der Waals surface area contributed by atoms with E-state index in [1.807, 2.05) is 30.3 Å². The van der Waals surface area contributed by atoms with Gasteiger partial charge in [-0.3, -0.25) is 14.4 Å². The van der Waals surface area contributed by atoms with E-state index in [1.54, 1.807) is 17.9 Å².